The third kappa shape index (κ3) is 2.38. The predicted molar refractivity (Wildman–Crippen MR) is 88.7 cm³/mol. The van der Waals surface area contributed by atoms with E-state index >= 15 is 0 Å². The van der Waals surface area contributed by atoms with E-state index in [1.54, 1.807) is 0 Å². The van der Waals surface area contributed by atoms with Crippen LogP contribution >= 0.6 is 0 Å². The summed E-state index contributed by atoms with van der Waals surface area (Å²) in [4.78, 5) is 0. The summed E-state index contributed by atoms with van der Waals surface area (Å²) in [5.74, 6) is 1.12. The lowest BCUT2D eigenvalue weighted by molar-refractivity contribution is -0.284. The standard InChI is InChI=1S/C17H35BO3/c1-11(2)16(12(3)4)15(9,10)17(13(5)6,14(7)8)21-18(19)20-16/h11-14,19H,1-10H3. The van der Waals surface area contributed by atoms with Crippen molar-refractivity contribution in [1.82, 2.24) is 0 Å². The molecular weight excluding hydrogens is 263 g/mol. The third-order valence-electron chi connectivity index (χ3n) is 5.98. The molecule has 1 aliphatic heterocycles. The highest BCUT2D eigenvalue weighted by Gasteiger charge is 2.68. The molecule has 0 bridgehead atoms. The second-order valence-electron chi connectivity index (χ2n) is 8.37. The van der Waals surface area contributed by atoms with E-state index in [0.717, 1.165) is 0 Å². The lowest BCUT2D eigenvalue weighted by atomic mass is 9.49. The van der Waals surface area contributed by atoms with Gasteiger partial charge in [-0.2, -0.15) is 0 Å². The fraction of sp³-hybridized carbons (Fsp3) is 1.00. The largest absolute Gasteiger partial charge is 0.637 e. The highest BCUT2D eigenvalue weighted by atomic mass is 16.7. The summed E-state index contributed by atoms with van der Waals surface area (Å²) in [6.45, 7) is 22.0. The Bertz CT molecular complexity index is 313. The van der Waals surface area contributed by atoms with Crippen LogP contribution in [-0.2, 0) is 9.31 Å². The summed E-state index contributed by atoms with van der Waals surface area (Å²) in [6.07, 6.45) is 0. The van der Waals surface area contributed by atoms with Crippen molar-refractivity contribution in [1.29, 1.82) is 0 Å². The van der Waals surface area contributed by atoms with E-state index in [1.165, 1.54) is 0 Å². The van der Waals surface area contributed by atoms with E-state index in [-0.39, 0.29) is 29.1 Å². The Labute approximate surface area is 132 Å². The Kier molecular flexibility index (Phi) is 5.30. The molecule has 1 N–H and O–H groups in total. The minimum Gasteiger partial charge on any atom is -0.402 e. The fourth-order valence-corrected chi connectivity index (χ4v) is 5.72. The first-order chi connectivity index (χ1) is 9.37. The summed E-state index contributed by atoms with van der Waals surface area (Å²) >= 11 is 0. The van der Waals surface area contributed by atoms with Gasteiger partial charge in [0.15, 0.2) is 0 Å². The van der Waals surface area contributed by atoms with Gasteiger partial charge in [-0.3, -0.25) is 0 Å². The first-order valence-electron chi connectivity index (χ1n) is 8.41. The highest BCUT2D eigenvalue weighted by Crippen LogP contribution is 2.60. The van der Waals surface area contributed by atoms with Gasteiger partial charge in [0.1, 0.15) is 0 Å². The predicted octanol–water partition coefficient (Wildman–Crippen LogP) is 4.14. The van der Waals surface area contributed by atoms with Crippen LogP contribution in [0.2, 0.25) is 0 Å². The first kappa shape index (κ1) is 19.0. The molecule has 0 aliphatic carbocycles. The Morgan fingerprint density at radius 3 is 1.10 bits per heavy atom. The summed E-state index contributed by atoms with van der Waals surface area (Å²) in [6, 6.07) is 0. The van der Waals surface area contributed by atoms with Crippen LogP contribution in [0, 0.1) is 29.1 Å². The van der Waals surface area contributed by atoms with Crippen LogP contribution in [0.5, 0.6) is 0 Å². The van der Waals surface area contributed by atoms with Gasteiger partial charge in [-0.1, -0.05) is 69.2 Å². The van der Waals surface area contributed by atoms with Gasteiger partial charge in [-0.15, -0.1) is 0 Å². The van der Waals surface area contributed by atoms with Crippen molar-refractivity contribution in [2.24, 2.45) is 29.1 Å². The number of hydrogen-bond donors (Lipinski definition) is 1. The zero-order valence-corrected chi connectivity index (χ0v) is 15.7. The molecule has 0 atom stereocenters. The maximum atomic E-state index is 10.4. The molecule has 124 valence electrons. The molecule has 0 radical (unpaired) electrons. The van der Waals surface area contributed by atoms with Crippen molar-refractivity contribution in [3.8, 4) is 0 Å². The summed E-state index contributed by atoms with van der Waals surface area (Å²) < 4.78 is 12.2. The molecule has 0 aromatic carbocycles. The highest BCUT2D eigenvalue weighted by molar-refractivity contribution is 6.35. The third-order valence-corrected chi connectivity index (χ3v) is 5.98. The zero-order chi connectivity index (χ0) is 16.8. The summed E-state index contributed by atoms with van der Waals surface area (Å²) in [7, 11) is -1.16. The maximum Gasteiger partial charge on any atom is 0.637 e. The number of rotatable bonds is 4. The van der Waals surface area contributed by atoms with E-state index in [2.05, 4.69) is 69.2 Å². The van der Waals surface area contributed by atoms with Crippen LogP contribution in [0.15, 0.2) is 0 Å². The minimum absolute atomic E-state index is 0.232. The average Bonchev–Trinajstić information content (AvgIpc) is 2.29. The van der Waals surface area contributed by atoms with E-state index in [4.69, 9.17) is 9.31 Å². The van der Waals surface area contributed by atoms with Crippen molar-refractivity contribution in [2.45, 2.75) is 80.4 Å². The van der Waals surface area contributed by atoms with Crippen molar-refractivity contribution in [2.75, 3.05) is 0 Å². The van der Waals surface area contributed by atoms with Gasteiger partial charge in [-0.25, -0.2) is 0 Å². The topological polar surface area (TPSA) is 38.7 Å². The molecule has 0 aromatic rings. The molecule has 0 amide bonds. The number of hydrogen-bond acceptors (Lipinski definition) is 3. The molecule has 1 fully saturated rings. The summed E-state index contributed by atoms with van der Waals surface area (Å²) in [5.41, 5.74) is -1.09. The van der Waals surface area contributed by atoms with Crippen LogP contribution < -0.4 is 0 Å². The van der Waals surface area contributed by atoms with E-state index in [0.29, 0.717) is 0 Å². The van der Waals surface area contributed by atoms with Crippen molar-refractivity contribution in [3.63, 3.8) is 0 Å². The van der Waals surface area contributed by atoms with Crippen molar-refractivity contribution >= 4 is 7.32 Å². The van der Waals surface area contributed by atoms with Gasteiger partial charge in [0.25, 0.3) is 0 Å². The first-order valence-corrected chi connectivity index (χ1v) is 8.41. The molecule has 1 saturated heterocycles. The van der Waals surface area contributed by atoms with Gasteiger partial charge in [-0.05, 0) is 23.7 Å². The van der Waals surface area contributed by atoms with Gasteiger partial charge in [0, 0.05) is 5.41 Å². The molecule has 3 nitrogen and oxygen atoms in total. The van der Waals surface area contributed by atoms with E-state index in [9.17, 15) is 5.02 Å². The second kappa shape index (κ2) is 5.86. The van der Waals surface area contributed by atoms with Gasteiger partial charge in [0.05, 0.1) is 11.2 Å². The monoisotopic (exact) mass is 298 g/mol. The molecule has 1 rings (SSSR count). The molecule has 0 spiro atoms. The van der Waals surface area contributed by atoms with Crippen LogP contribution in [0.25, 0.3) is 0 Å². The Morgan fingerprint density at radius 1 is 0.667 bits per heavy atom. The lowest BCUT2D eigenvalue weighted by Gasteiger charge is -2.66. The normalized spacial score (nSPS) is 24.4. The Morgan fingerprint density at radius 2 is 0.905 bits per heavy atom. The minimum atomic E-state index is -1.16. The SMILES string of the molecule is CC(C)C1(C(C)C)OB(O)OC(C(C)C)(C(C)C)C1(C)C. The lowest BCUT2D eigenvalue weighted by Crippen LogP contribution is -2.75. The Hall–Kier alpha value is -0.0551. The fourth-order valence-electron chi connectivity index (χ4n) is 5.72. The molecule has 0 unspecified atom stereocenters. The van der Waals surface area contributed by atoms with E-state index < -0.39 is 18.5 Å². The van der Waals surface area contributed by atoms with Crippen molar-refractivity contribution < 1.29 is 14.3 Å². The average molecular weight is 298 g/mol. The smallest absolute Gasteiger partial charge is 0.402 e. The van der Waals surface area contributed by atoms with Crippen molar-refractivity contribution in [3.05, 3.63) is 0 Å². The van der Waals surface area contributed by atoms with Gasteiger partial charge >= 0.3 is 7.32 Å². The van der Waals surface area contributed by atoms with Crippen LogP contribution in [0.1, 0.15) is 69.2 Å². The Balaban J connectivity index is 3.63. The van der Waals surface area contributed by atoms with E-state index in [1.807, 2.05) is 0 Å². The van der Waals surface area contributed by atoms with Crippen LogP contribution in [0.4, 0.5) is 0 Å². The van der Waals surface area contributed by atoms with Gasteiger partial charge in [0.2, 0.25) is 0 Å². The maximum absolute atomic E-state index is 10.4. The van der Waals surface area contributed by atoms with Crippen LogP contribution in [-0.4, -0.2) is 23.5 Å². The molecule has 4 heteroatoms. The molecule has 1 aliphatic rings. The molecule has 0 aromatic heterocycles. The van der Waals surface area contributed by atoms with Gasteiger partial charge < -0.3 is 14.3 Å². The zero-order valence-electron chi connectivity index (χ0n) is 15.7. The molecule has 1 heterocycles. The molecule has 21 heavy (non-hydrogen) atoms. The molecular formula is C17H35BO3. The molecule has 0 saturated carbocycles. The summed E-state index contributed by atoms with van der Waals surface area (Å²) in [5, 5.41) is 10.4. The second-order valence-corrected chi connectivity index (χ2v) is 8.37. The van der Waals surface area contributed by atoms with Crippen LogP contribution in [0.3, 0.4) is 0 Å². The quantitative estimate of drug-likeness (QED) is 0.793.